The second-order valence-electron chi connectivity index (χ2n) is 3.50. The standard InChI is InChI=1S/C13H12N2/c1-3-9(2)13-11(8-14)10-6-4-5-7-12(10)15-13/h3-7,15H,1-2H3/b9-3-. The van der Waals surface area contributed by atoms with E-state index < -0.39 is 0 Å². The number of aromatic amines is 1. The predicted molar refractivity (Wildman–Crippen MR) is 62.3 cm³/mol. The Hall–Kier alpha value is -2.01. The summed E-state index contributed by atoms with van der Waals surface area (Å²) in [5, 5.41) is 10.1. The van der Waals surface area contributed by atoms with E-state index in [2.05, 4.69) is 11.1 Å². The summed E-state index contributed by atoms with van der Waals surface area (Å²) in [6.07, 6.45) is 2.01. The summed E-state index contributed by atoms with van der Waals surface area (Å²) in [7, 11) is 0. The van der Waals surface area contributed by atoms with Crippen molar-refractivity contribution in [2.75, 3.05) is 0 Å². The van der Waals surface area contributed by atoms with Gasteiger partial charge in [-0.05, 0) is 25.5 Å². The number of benzene rings is 1. The maximum absolute atomic E-state index is 9.15. The molecule has 2 heteroatoms. The molecule has 0 unspecified atom stereocenters. The fraction of sp³-hybridized carbons (Fsp3) is 0.154. The van der Waals surface area contributed by atoms with Gasteiger partial charge in [-0.25, -0.2) is 0 Å². The molecular weight excluding hydrogens is 184 g/mol. The Labute approximate surface area is 88.8 Å². The van der Waals surface area contributed by atoms with Gasteiger partial charge in [0, 0.05) is 10.9 Å². The molecule has 0 spiro atoms. The van der Waals surface area contributed by atoms with Gasteiger partial charge in [0.1, 0.15) is 6.07 Å². The number of H-pyrrole nitrogens is 1. The smallest absolute Gasteiger partial charge is 0.102 e. The number of fused-ring (bicyclic) bond motifs is 1. The van der Waals surface area contributed by atoms with E-state index in [1.54, 1.807) is 0 Å². The molecule has 0 atom stereocenters. The van der Waals surface area contributed by atoms with E-state index >= 15 is 0 Å². The van der Waals surface area contributed by atoms with Crippen molar-refractivity contribution >= 4 is 16.5 Å². The Bertz CT molecular complexity index is 568. The Morgan fingerprint density at radius 2 is 2.13 bits per heavy atom. The Balaban J connectivity index is 2.82. The highest BCUT2D eigenvalue weighted by Crippen LogP contribution is 2.26. The normalized spacial score (nSPS) is 11.7. The van der Waals surface area contributed by atoms with Crippen molar-refractivity contribution in [3.8, 4) is 6.07 Å². The highest BCUT2D eigenvalue weighted by atomic mass is 14.7. The first-order chi connectivity index (χ1) is 7.27. The molecule has 15 heavy (non-hydrogen) atoms. The molecule has 0 fully saturated rings. The number of rotatable bonds is 1. The van der Waals surface area contributed by atoms with Crippen LogP contribution in [0.2, 0.25) is 0 Å². The van der Waals surface area contributed by atoms with Crippen LogP contribution >= 0.6 is 0 Å². The minimum absolute atomic E-state index is 0.737. The lowest BCUT2D eigenvalue weighted by Gasteiger charge is -1.95. The van der Waals surface area contributed by atoms with Crippen LogP contribution in [-0.2, 0) is 0 Å². The van der Waals surface area contributed by atoms with Gasteiger partial charge in [-0.2, -0.15) is 5.26 Å². The number of hydrogen-bond donors (Lipinski definition) is 1. The number of allylic oxidation sites excluding steroid dienone is 2. The first-order valence-corrected chi connectivity index (χ1v) is 4.92. The van der Waals surface area contributed by atoms with Crippen LogP contribution in [0.4, 0.5) is 0 Å². The van der Waals surface area contributed by atoms with Crippen LogP contribution in [-0.4, -0.2) is 4.98 Å². The molecule has 2 nitrogen and oxygen atoms in total. The molecule has 0 aliphatic heterocycles. The summed E-state index contributed by atoms with van der Waals surface area (Å²) in [5.74, 6) is 0. The molecule has 0 saturated carbocycles. The van der Waals surface area contributed by atoms with Gasteiger partial charge in [0.25, 0.3) is 0 Å². The summed E-state index contributed by atoms with van der Waals surface area (Å²) in [6.45, 7) is 3.98. The van der Waals surface area contributed by atoms with Crippen LogP contribution in [0.5, 0.6) is 0 Å². The van der Waals surface area contributed by atoms with Gasteiger partial charge in [0.2, 0.25) is 0 Å². The summed E-state index contributed by atoms with van der Waals surface area (Å²) >= 11 is 0. The quantitative estimate of drug-likeness (QED) is 0.745. The van der Waals surface area contributed by atoms with Gasteiger partial charge in [-0.15, -0.1) is 0 Å². The van der Waals surface area contributed by atoms with Crippen LogP contribution < -0.4 is 0 Å². The van der Waals surface area contributed by atoms with E-state index in [0.29, 0.717) is 0 Å². The lowest BCUT2D eigenvalue weighted by molar-refractivity contribution is 1.35. The average Bonchev–Trinajstić information content (AvgIpc) is 2.66. The van der Waals surface area contributed by atoms with E-state index in [9.17, 15) is 0 Å². The molecular formula is C13H12N2. The summed E-state index contributed by atoms with van der Waals surface area (Å²) in [5.41, 5.74) is 3.79. The van der Waals surface area contributed by atoms with Crippen LogP contribution in [0.3, 0.4) is 0 Å². The number of nitrogens with one attached hydrogen (secondary N) is 1. The van der Waals surface area contributed by atoms with Crippen molar-refractivity contribution in [1.82, 2.24) is 4.98 Å². The van der Waals surface area contributed by atoms with E-state index in [-0.39, 0.29) is 0 Å². The van der Waals surface area contributed by atoms with Gasteiger partial charge < -0.3 is 4.98 Å². The monoisotopic (exact) mass is 196 g/mol. The first kappa shape index (κ1) is 9.54. The first-order valence-electron chi connectivity index (χ1n) is 4.92. The largest absolute Gasteiger partial charge is 0.354 e. The molecule has 0 bridgehead atoms. The van der Waals surface area contributed by atoms with Gasteiger partial charge in [-0.3, -0.25) is 0 Å². The SMILES string of the molecule is C/C=C(/C)c1[nH]c2ccccc2c1C#N. The minimum Gasteiger partial charge on any atom is -0.354 e. The zero-order valence-corrected chi connectivity index (χ0v) is 8.83. The van der Waals surface area contributed by atoms with E-state index in [0.717, 1.165) is 27.7 Å². The lowest BCUT2D eigenvalue weighted by atomic mass is 10.1. The fourth-order valence-corrected chi connectivity index (χ4v) is 1.70. The van der Waals surface area contributed by atoms with Crippen molar-refractivity contribution < 1.29 is 0 Å². The van der Waals surface area contributed by atoms with E-state index in [1.807, 2.05) is 44.2 Å². The molecule has 1 aromatic heterocycles. The van der Waals surface area contributed by atoms with Crippen LogP contribution in [0.25, 0.3) is 16.5 Å². The third-order valence-corrected chi connectivity index (χ3v) is 2.65. The second kappa shape index (κ2) is 3.62. The average molecular weight is 196 g/mol. The van der Waals surface area contributed by atoms with Crippen molar-refractivity contribution in [2.24, 2.45) is 0 Å². The van der Waals surface area contributed by atoms with Gasteiger partial charge in [-0.1, -0.05) is 24.3 Å². The maximum atomic E-state index is 9.15. The van der Waals surface area contributed by atoms with E-state index in [4.69, 9.17) is 5.26 Å². The van der Waals surface area contributed by atoms with Crippen molar-refractivity contribution in [2.45, 2.75) is 13.8 Å². The molecule has 0 saturated heterocycles. The van der Waals surface area contributed by atoms with Gasteiger partial charge >= 0.3 is 0 Å². The number of aromatic nitrogens is 1. The molecule has 1 N–H and O–H groups in total. The zero-order chi connectivity index (χ0) is 10.8. The third-order valence-electron chi connectivity index (χ3n) is 2.65. The zero-order valence-electron chi connectivity index (χ0n) is 8.83. The van der Waals surface area contributed by atoms with Crippen LogP contribution in [0.1, 0.15) is 25.1 Å². The summed E-state index contributed by atoms with van der Waals surface area (Å²) in [6, 6.07) is 10.1. The van der Waals surface area contributed by atoms with Crippen molar-refractivity contribution in [3.63, 3.8) is 0 Å². The molecule has 0 aliphatic rings. The highest BCUT2D eigenvalue weighted by molar-refractivity contribution is 5.91. The molecule has 0 amide bonds. The molecule has 2 rings (SSSR count). The summed E-state index contributed by atoms with van der Waals surface area (Å²) in [4.78, 5) is 3.28. The summed E-state index contributed by atoms with van der Waals surface area (Å²) < 4.78 is 0. The number of nitrogens with zero attached hydrogens (tertiary/aromatic N) is 1. The van der Waals surface area contributed by atoms with Gasteiger partial charge in [0.05, 0.1) is 11.3 Å². The molecule has 0 aliphatic carbocycles. The Morgan fingerprint density at radius 3 is 2.80 bits per heavy atom. The molecule has 0 radical (unpaired) electrons. The Kier molecular flexibility index (Phi) is 2.31. The third kappa shape index (κ3) is 1.42. The Morgan fingerprint density at radius 1 is 1.40 bits per heavy atom. The minimum atomic E-state index is 0.737. The molecule has 2 aromatic rings. The fourth-order valence-electron chi connectivity index (χ4n) is 1.70. The maximum Gasteiger partial charge on any atom is 0.102 e. The molecule has 1 heterocycles. The number of hydrogen-bond acceptors (Lipinski definition) is 1. The number of nitriles is 1. The molecule has 1 aromatic carbocycles. The van der Waals surface area contributed by atoms with Crippen LogP contribution in [0.15, 0.2) is 30.3 Å². The van der Waals surface area contributed by atoms with Gasteiger partial charge in [0.15, 0.2) is 0 Å². The predicted octanol–water partition coefficient (Wildman–Crippen LogP) is 3.46. The van der Waals surface area contributed by atoms with Crippen molar-refractivity contribution in [1.29, 1.82) is 5.26 Å². The van der Waals surface area contributed by atoms with Crippen LogP contribution in [0, 0.1) is 11.3 Å². The number of para-hydroxylation sites is 1. The topological polar surface area (TPSA) is 39.6 Å². The second-order valence-corrected chi connectivity index (χ2v) is 3.50. The highest BCUT2D eigenvalue weighted by Gasteiger charge is 2.10. The molecule has 74 valence electrons. The lowest BCUT2D eigenvalue weighted by Crippen LogP contribution is -1.82. The van der Waals surface area contributed by atoms with E-state index in [1.165, 1.54) is 0 Å². The van der Waals surface area contributed by atoms with Crippen molar-refractivity contribution in [3.05, 3.63) is 41.6 Å².